The number of hydrogen-bond donors (Lipinski definition) is 2. The first kappa shape index (κ1) is 27.0. The molecule has 0 spiro atoms. The van der Waals surface area contributed by atoms with Gasteiger partial charge in [-0.05, 0) is 24.3 Å². The van der Waals surface area contributed by atoms with Crippen LogP contribution in [0.5, 0.6) is 0 Å². The second kappa shape index (κ2) is 10.9. The SMILES string of the molecule is CNc1c(Nn2c3ccccc3c3ccc4c5ccccc5n(-c5ccccc5)c4c32)nc(-c2ccccc2)nc1-c1ccccc1. The van der Waals surface area contributed by atoms with Crippen LogP contribution in [0, 0.1) is 0 Å². The molecule has 9 aromatic rings. The summed E-state index contributed by atoms with van der Waals surface area (Å²) in [5.74, 6) is 1.33. The van der Waals surface area contributed by atoms with Crippen molar-refractivity contribution < 1.29 is 0 Å². The summed E-state index contributed by atoms with van der Waals surface area (Å²) in [5.41, 5.74) is 13.0. The maximum Gasteiger partial charge on any atom is 0.173 e. The molecule has 6 aromatic carbocycles. The Morgan fingerprint density at radius 2 is 1.04 bits per heavy atom. The molecule has 6 nitrogen and oxygen atoms in total. The number of benzene rings is 6. The summed E-state index contributed by atoms with van der Waals surface area (Å²) in [6, 6.07) is 52.8. The van der Waals surface area contributed by atoms with Crippen molar-refractivity contribution in [3.05, 3.63) is 152 Å². The van der Waals surface area contributed by atoms with E-state index in [1.165, 1.54) is 10.8 Å². The van der Waals surface area contributed by atoms with Crippen LogP contribution in [-0.2, 0) is 0 Å². The molecule has 9 rings (SSSR count). The fourth-order valence-corrected chi connectivity index (χ4v) is 6.87. The maximum absolute atomic E-state index is 5.18. The topological polar surface area (TPSA) is 59.7 Å². The molecule has 3 aromatic heterocycles. The van der Waals surface area contributed by atoms with Crippen molar-refractivity contribution in [1.29, 1.82) is 0 Å². The van der Waals surface area contributed by atoms with Gasteiger partial charge >= 0.3 is 0 Å². The highest BCUT2D eigenvalue weighted by molar-refractivity contribution is 6.23. The third-order valence-electron chi connectivity index (χ3n) is 8.94. The highest BCUT2D eigenvalue weighted by Crippen LogP contribution is 2.41. The first-order chi connectivity index (χ1) is 23.3. The average Bonchev–Trinajstić information content (AvgIpc) is 3.65. The van der Waals surface area contributed by atoms with Gasteiger partial charge in [0.05, 0.1) is 27.8 Å². The third kappa shape index (κ3) is 4.26. The van der Waals surface area contributed by atoms with Crippen molar-refractivity contribution in [3.8, 4) is 28.3 Å². The third-order valence-corrected chi connectivity index (χ3v) is 8.94. The van der Waals surface area contributed by atoms with Gasteiger partial charge in [0.15, 0.2) is 11.6 Å². The molecular weight excluding hydrogens is 576 g/mol. The summed E-state index contributed by atoms with van der Waals surface area (Å²) in [6.07, 6.45) is 0. The molecule has 0 aliphatic heterocycles. The maximum atomic E-state index is 5.18. The van der Waals surface area contributed by atoms with E-state index in [-0.39, 0.29) is 0 Å². The monoisotopic (exact) mass is 606 g/mol. The van der Waals surface area contributed by atoms with Gasteiger partial charge in [-0.1, -0.05) is 127 Å². The molecule has 0 aliphatic carbocycles. The minimum atomic E-state index is 0.648. The molecule has 224 valence electrons. The van der Waals surface area contributed by atoms with Crippen LogP contribution in [0.15, 0.2) is 152 Å². The van der Waals surface area contributed by atoms with Crippen molar-refractivity contribution in [3.63, 3.8) is 0 Å². The van der Waals surface area contributed by atoms with Gasteiger partial charge in [-0.15, -0.1) is 0 Å². The van der Waals surface area contributed by atoms with Crippen LogP contribution < -0.4 is 10.7 Å². The molecular formula is C41H30N6. The van der Waals surface area contributed by atoms with Gasteiger partial charge in [-0.25, -0.2) is 9.97 Å². The fraction of sp³-hybridized carbons (Fsp3) is 0.0244. The quantitative estimate of drug-likeness (QED) is 0.198. The zero-order valence-electron chi connectivity index (χ0n) is 25.7. The number of anilines is 2. The first-order valence-corrected chi connectivity index (χ1v) is 15.8. The minimum absolute atomic E-state index is 0.648. The fourth-order valence-electron chi connectivity index (χ4n) is 6.87. The van der Waals surface area contributed by atoms with Crippen LogP contribution >= 0.6 is 0 Å². The molecule has 6 heteroatoms. The van der Waals surface area contributed by atoms with E-state index in [0.717, 1.165) is 61.0 Å². The van der Waals surface area contributed by atoms with E-state index < -0.39 is 0 Å². The highest BCUT2D eigenvalue weighted by atomic mass is 15.4. The zero-order chi connectivity index (χ0) is 31.3. The van der Waals surface area contributed by atoms with Crippen LogP contribution in [0.4, 0.5) is 11.5 Å². The highest BCUT2D eigenvalue weighted by Gasteiger charge is 2.23. The molecule has 0 saturated heterocycles. The van der Waals surface area contributed by atoms with Gasteiger partial charge in [-0.3, -0.25) is 10.1 Å². The second-order valence-corrected chi connectivity index (χ2v) is 11.6. The Hall–Kier alpha value is -6.40. The molecule has 0 saturated carbocycles. The number of nitrogens with zero attached hydrogens (tertiary/aromatic N) is 4. The van der Waals surface area contributed by atoms with Gasteiger partial charge in [0.1, 0.15) is 5.69 Å². The number of rotatable bonds is 6. The Balaban J connectivity index is 1.39. The lowest BCUT2D eigenvalue weighted by atomic mass is 10.1. The number of para-hydroxylation sites is 3. The molecule has 0 unspecified atom stereocenters. The van der Waals surface area contributed by atoms with Crippen molar-refractivity contribution >= 4 is 55.1 Å². The average molecular weight is 607 g/mol. The van der Waals surface area contributed by atoms with Gasteiger partial charge < -0.3 is 9.88 Å². The summed E-state index contributed by atoms with van der Waals surface area (Å²) in [7, 11) is 1.93. The van der Waals surface area contributed by atoms with E-state index in [1.54, 1.807) is 0 Å². The predicted molar refractivity (Wildman–Crippen MR) is 195 cm³/mol. The number of fused-ring (bicyclic) bond motifs is 7. The van der Waals surface area contributed by atoms with Crippen molar-refractivity contribution in [2.75, 3.05) is 17.8 Å². The van der Waals surface area contributed by atoms with Gasteiger partial charge in [0, 0.05) is 45.4 Å². The Morgan fingerprint density at radius 1 is 0.489 bits per heavy atom. The van der Waals surface area contributed by atoms with Crippen molar-refractivity contribution in [2.24, 2.45) is 0 Å². The molecule has 0 radical (unpaired) electrons. The predicted octanol–water partition coefficient (Wildman–Crippen LogP) is 9.93. The first-order valence-electron chi connectivity index (χ1n) is 15.8. The lowest BCUT2D eigenvalue weighted by Gasteiger charge is -2.19. The Bertz CT molecular complexity index is 2570. The molecule has 0 aliphatic rings. The van der Waals surface area contributed by atoms with Crippen LogP contribution in [0.25, 0.3) is 71.9 Å². The Morgan fingerprint density at radius 3 is 1.72 bits per heavy atom. The van der Waals surface area contributed by atoms with E-state index in [1.807, 2.05) is 43.4 Å². The summed E-state index contributed by atoms with van der Waals surface area (Å²) in [5, 5.41) is 8.16. The molecule has 0 bridgehead atoms. The Kier molecular flexibility index (Phi) is 6.25. The lowest BCUT2D eigenvalue weighted by Crippen LogP contribution is -2.14. The van der Waals surface area contributed by atoms with E-state index >= 15 is 0 Å². The van der Waals surface area contributed by atoms with Crippen molar-refractivity contribution in [1.82, 2.24) is 19.2 Å². The summed E-state index contributed by atoms with van der Waals surface area (Å²) < 4.78 is 4.59. The normalized spacial score (nSPS) is 11.5. The summed E-state index contributed by atoms with van der Waals surface area (Å²) >= 11 is 0. The van der Waals surface area contributed by atoms with E-state index in [2.05, 4.69) is 135 Å². The molecule has 47 heavy (non-hydrogen) atoms. The lowest BCUT2D eigenvalue weighted by molar-refractivity contribution is 1.02. The molecule has 2 N–H and O–H groups in total. The van der Waals surface area contributed by atoms with Crippen LogP contribution in [0.1, 0.15) is 0 Å². The van der Waals surface area contributed by atoms with E-state index in [0.29, 0.717) is 11.6 Å². The molecule has 0 atom stereocenters. The molecule has 3 heterocycles. The van der Waals surface area contributed by atoms with Gasteiger partial charge in [0.2, 0.25) is 0 Å². The van der Waals surface area contributed by atoms with E-state index in [4.69, 9.17) is 9.97 Å². The zero-order valence-corrected chi connectivity index (χ0v) is 25.7. The Labute approximate surface area is 271 Å². The molecule has 0 amide bonds. The smallest absolute Gasteiger partial charge is 0.173 e. The minimum Gasteiger partial charge on any atom is -0.383 e. The second-order valence-electron chi connectivity index (χ2n) is 11.6. The van der Waals surface area contributed by atoms with Crippen molar-refractivity contribution in [2.45, 2.75) is 0 Å². The van der Waals surface area contributed by atoms with Gasteiger partial charge in [0.25, 0.3) is 0 Å². The van der Waals surface area contributed by atoms with Crippen LogP contribution in [0.2, 0.25) is 0 Å². The summed E-state index contributed by atoms with van der Waals surface area (Å²) in [4.78, 5) is 10.3. The number of aromatic nitrogens is 4. The summed E-state index contributed by atoms with van der Waals surface area (Å²) in [6.45, 7) is 0. The largest absolute Gasteiger partial charge is 0.383 e. The van der Waals surface area contributed by atoms with Crippen LogP contribution in [-0.4, -0.2) is 26.3 Å². The number of hydrogen-bond acceptors (Lipinski definition) is 4. The standard InChI is InChI=1S/C41H30N6/c1-42-37-36(27-15-5-2-6-16-27)43-40(28-17-7-3-8-18-28)44-41(37)45-47-35-24-14-12-22-31(35)33-26-25-32-30-21-11-13-23-34(30)46(38(32)39(33)47)29-19-9-4-10-20-29/h2-26,42H,1H3,(H,43,44,45). The van der Waals surface area contributed by atoms with Gasteiger partial charge in [-0.2, -0.15) is 0 Å². The van der Waals surface area contributed by atoms with Crippen LogP contribution in [0.3, 0.4) is 0 Å². The molecule has 0 fully saturated rings. The van der Waals surface area contributed by atoms with E-state index in [9.17, 15) is 0 Å². The number of nitrogens with one attached hydrogen (secondary N) is 2.